The summed E-state index contributed by atoms with van der Waals surface area (Å²) in [6.45, 7) is 7.59. The molecule has 2 rings (SSSR count). The van der Waals surface area contributed by atoms with Gasteiger partial charge >= 0.3 is 5.97 Å². The number of ether oxygens (including phenoxy) is 1. The Morgan fingerprint density at radius 3 is 2.43 bits per heavy atom. The molecule has 1 N–H and O–H groups in total. The van der Waals surface area contributed by atoms with Crippen molar-refractivity contribution in [2.75, 3.05) is 6.61 Å². The molecule has 0 fully saturated rings. The molecule has 0 aliphatic heterocycles. The average molecular weight is 316 g/mol. The molecule has 5 heteroatoms. The molecule has 1 aromatic carbocycles. The van der Waals surface area contributed by atoms with Gasteiger partial charge in [-0.25, -0.2) is 0 Å². The summed E-state index contributed by atoms with van der Waals surface area (Å²) in [5.41, 5.74) is 1.86. The first-order chi connectivity index (χ1) is 10.9. The van der Waals surface area contributed by atoms with Gasteiger partial charge < -0.3 is 14.6 Å². The first-order valence-electron chi connectivity index (χ1n) is 7.92. The molecule has 0 unspecified atom stereocenters. The second-order valence-electron chi connectivity index (χ2n) is 6.19. The predicted octanol–water partition coefficient (Wildman–Crippen LogP) is 2.90. The molecule has 0 aliphatic rings. The third-order valence-electron chi connectivity index (χ3n) is 3.77. The number of hydrogen-bond donors (Lipinski definition) is 1. The minimum atomic E-state index is -0.393. The highest BCUT2D eigenvalue weighted by atomic mass is 16.5. The van der Waals surface area contributed by atoms with Crippen LogP contribution in [0.5, 0.6) is 0 Å². The molecule has 0 aliphatic carbocycles. The standard InChI is InChI=1S/C18H24N2O3/c1-12(2)20(13(3)4)17(21)11-23-18(22)9-14-10-19-16-8-6-5-7-15(14)16/h5-8,10,12-13,19H,9,11H2,1-4H3. The van der Waals surface area contributed by atoms with E-state index in [4.69, 9.17) is 4.74 Å². The van der Waals surface area contributed by atoms with E-state index in [1.165, 1.54) is 0 Å². The van der Waals surface area contributed by atoms with Gasteiger partial charge in [0.25, 0.3) is 5.91 Å². The van der Waals surface area contributed by atoms with Crippen molar-refractivity contribution in [2.45, 2.75) is 46.2 Å². The number of esters is 1. The van der Waals surface area contributed by atoms with E-state index in [-0.39, 0.29) is 31.0 Å². The van der Waals surface area contributed by atoms with Gasteiger partial charge in [0.05, 0.1) is 6.42 Å². The van der Waals surface area contributed by atoms with E-state index in [2.05, 4.69) is 4.98 Å². The number of benzene rings is 1. The lowest BCUT2D eigenvalue weighted by Gasteiger charge is -2.30. The van der Waals surface area contributed by atoms with E-state index in [0.29, 0.717) is 0 Å². The molecule has 2 aromatic rings. The molecule has 23 heavy (non-hydrogen) atoms. The second-order valence-corrected chi connectivity index (χ2v) is 6.19. The summed E-state index contributed by atoms with van der Waals surface area (Å²) in [4.78, 5) is 29.0. The smallest absolute Gasteiger partial charge is 0.310 e. The summed E-state index contributed by atoms with van der Waals surface area (Å²) in [6.07, 6.45) is 1.96. The van der Waals surface area contributed by atoms with Crippen LogP contribution in [-0.2, 0) is 20.7 Å². The normalized spacial score (nSPS) is 11.2. The van der Waals surface area contributed by atoms with Crippen LogP contribution in [0.25, 0.3) is 10.9 Å². The van der Waals surface area contributed by atoms with Crippen molar-refractivity contribution in [1.82, 2.24) is 9.88 Å². The molecule has 0 saturated carbocycles. The Hall–Kier alpha value is -2.30. The van der Waals surface area contributed by atoms with Crippen LogP contribution in [0.4, 0.5) is 0 Å². The number of aromatic amines is 1. The number of amides is 1. The number of rotatable bonds is 6. The Labute approximate surface area is 136 Å². The monoisotopic (exact) mass is 316 g/mol. The predicted molar refractivity (Wildman–Crippen MR) is 90.1 cm³/mol. The fraction of sp³-hybridized carbons (Fsp3) is 0.444. The second kappa shape index (κ2) is 7.31. The summed E-state index contributed by atoms with van der Waals surface area (Å²) in [5, 5.41) is 1.00. The summed E-state index contributed by atoms with van der Waals surface area (Å²) in [6, 6.07) is 7.93. The number of carbonyl (C=O) groups excluding carboxylic acids is 2. The van der Waals surface area contributed by atoms with Crippen LogP contribution in [0, 0.1) is 0 Å². The average Bonchev–Trinajstić information content (AvgIpc) is 2.88. The molecule has 124 valence electrons. The van der Waals surface area contributed by atoms with Crippen molar-refractivity contribution >= 4 is 22.8 Å². The SMILES string of the molecule is CC(C)N(C(=O)COC(=O)Cc1c[nH]c2ccccc12)C(C)C. The molecule has 0 spiro atoms. The first-order valence-corrected chi connectivity index (χ1v) is 7.92. The van der Waals surface area contributed by atoms with Crippen LogP contribution in [0.3, 0.4) is 0 Å². The van der Waals surface area contributed by atoms with E-state index in [9.17, 15) is 9.59 Å². The van der Waals surface area contributed by atoms with Gasteiger partial charge in [-0.05, 0) is 39.3 Å². The van der Waals surface area contributed by atoms with Crippen molar-refractivity contribution in [2.24, 2.45) is 0 Å². The van der Waals surface area contributed by atoms with Crippen molar-refractivity contribution in [3.8, 4) is 0 Å². The molecule has 5 nitrogen and oxygen atoms in total. The van der Waals surface area contributed by atoms with Crippen LogP contribution in [0.15, 0.2) is 30.5 Å². The van der Waals surface area contributed by atoms with Gasteiger partial charge in [0.15, 0.2) is 6.61 Å². The quantitative estimate of drug-likeness (QED) is 0.834. The zero-order chi connectivity index (χ0) is 17.0. The number of hydrogen-bond acceptors (Lipinski definition) is 3. The van der Waals surface area contributed by atoms with Gasteiger partial charge in [0.2, 0.25) is 0 Å². The zero-order valence-electron chi connectivity index (χ0n) is 14.1. The van der Waals surface area contributed by atoms with Gasteiger partial charge in [-0.15, -0.1) is 0 Å². The number of para-hydroxylation sites is 1. The Bertz CT molecular complexity index is 680. The maximum absolute atomic E-state index is 12.2. The topological polar surface area (TPSA) is 62.4 Å². The van der Waals surface area contributed by atoms with Crippen molar-refractivity contribution in [3.63, 3.8) is 0 Å². The lowest BCUT2D eigenvalue weighted by Crippen LogP contribution is -2.44. The highest BCUT2D eigenvalue weighted by molar-refractivity contribution is 5.88. The van der Waals surface area contributed by atoms with Gasteiger partial charge in [-0.1, -0.05) is 18.2 Å². The van der Waals surface area contributed by atoms with E-state index in [1.54, 1.807) is 4.90 Å². The largest absolute Gasteiger partial charge is 0.455 e. The van der Waals surface area contributed by atoms with Crippen LogP contribution in [0.1, 0.15) is 33.3 Å². The summed E-state index contributed by atoms with van der Waals surface area (Å²) in [5.74, 6) is -0.558. The highest BCUT2D eigenvalue weighted by Gasteiger charge is 2.21. The maximum Gasteiger partial charge on any atom is 0.310 e. The number of H-pyrrole nitrogens is 1. The summed E-state index contributed by atoms with van der Waals surface area (Å²) in [7, 11) is 0. The molecule has 0 radical (unpaired) electrons. The van der Waals surface area contributed by atoms with E-state index >= 15 is 0 Å². The van der Waals surface area contributed by atoms with Crippen molar-refractivity contribution in [3.05, 3.63) is 36.0 Å². The van der Waals surface area contributed by atoms with Crippen LogP contribution >= 0.6 is 0 Å². The molecule has 0 bridgehead atoms. The third kappa shape index (κ3) is 4.12. The Kier molecular flexibility index (Phi) is 5.42. The van der Waals surface area contributed by atoms with E-state index < -0.39 is 5.97 Å². The number of nitrogens with one attached hydrogen (secondary N) is 1. The summed E-state index contributed by atoms with van der Waals surface area (Å²) < 4.78 is 5.16. The summed E-state index contributed by atoms with van der Waals surface area (Å²) >= 11 is 0. The first kappa shape index (κ1) is 17.1. The van der Waals surface area contributed by atoms with Gasteiger partial charge in [0.1, 0.15) is 0 Å². The van der Waals surface area contributed by atoms with Crippen LogP contribution in [-0.4, -0.2) is 40.5 Å². The molecule has 1 amide bonds. The fourth-order valence-corrected chi connectivity index (χ4v) is 2.87. The fourth-order valence-electron chi connectivity index (χ4n) is 2.87. The molecular weight excluding hydrogens is 292 g/mol. The van der Waals surface area contributed by atoms with Crippen molar-refractivity contribution < 1.29 is 14.3 Å². The number of fused-ring (bicyclic) bond motifs is 1. The lowest BCUT2D eigenvalue weighted by molar-refractivity contribution is -0.153. The zero-order valence-corrected chi connectivity index (χ0v) is 14.1. The van der Waals surface area contributed by atoms with E-state index in [0.717, 1.165) is 16.5 Å². The number of carbonyl (C=O) groups is 2. The maximum atomic E-state index is 12.2. The molecule has 1 heterocycles. The molecule has 1 aromatic heterocycles. The van der Waals surface area contributed by atoms with Crippen molar-refractivity contribution in [1.29, 1.82) is 0 Å². The van der Waals surface area contributed by atoms with Gasteiger partial charge in [-0.2, -0.15) is 0 Å². The highest BCUT2D eigenvalue weighted by Crippen LogP contribution is 2.18. The Balaban J connectivity index is 1.94. The number of nitrogens with zero attached hydrogens (tertiary/aromatic N) is 1. The molecule has 0 atom stereocenters. The van der Waals surface area contributed by atoms with E-state index in [1.807, 2.05) is 58.2 Å². The molecular formula is C18H24N2O3. The Morgan fingerprint density at radius 2 is 1.78 bits per heavy atom. The minimum Gasteiger partial charge on any atom is -0.455 e. The van der Waals surface area contributed by atoms with Crippen LogP contribution < -0.4 is 0 Å². The van der Waals surface area contributed by atoms with Crippen LogP contribution in [0.2, 0.25) is 0 Å². The van der Waals surface area contributed by atoms with Gasteiger partial charge in [-0.3, -0.25) is 9.59 Å². The molecule has 0 saturated heterocycles. The number of aromatic nitrogens is 1. The Morgan fingerprint density at radius 1 is 1.13 bits per heavy atom. The lowest BCUT2D eigenvalue weighted by atomic mass is 10.1. The van der Waals surface area contributed by atoms with Gasteiger partial charge in [0, 0.05) is 29.2 Å². The minimum absolute atomic E-state index is 0.0785. The third-order valence-corrected chi connectivity index (χ3v) is 3.77.